The van der Waals surface area contributed by atoms with Gasteiger partial charge in [0.2, 0.25) is 0 Å². The van der Waals surface area contributed by atoms with Crippen LogP contribution in [0.3, 0.4) is 0 Å². The molecule has 0 aliphatic carbocycles. The molecule has 1 aromatic rings. The van der Waals surface area contributed by atoms with Crippen LogP contribution in [0.2, 0.25) is 0 Å². The number of benzene rings is 1. The summed E-state index contributed by atoms with van der Waals surface area (Å²) in [6.45, 7) is 7.69. The molecule has 0 aliphatic rings. The lowest BCUT2D eigenvalue weighted by atomic mass is 10.2. The van der Waals surface area contributed by atoms with E-state index in [1.165, 1.54) is 0 Å². The molecule has 0 saturated carbocycles. The zero-order valence-corrected chi connectivity index (χ0v) is 8.65. The molecule has 0 saturated heterocycles. The molecule has 0 amide bonds. The van der Waals surface area contributed by atoms with Gasteiger partial charge < -0.3 is 10.5 Å². The van der Waals surface area contributed by atoms with Crippen LogP contribution >= 0.6 is 0 Å². The molecule has 0 heterocycles. The molecular weight excluding hydrogens is 186 g/mol. The Morgan fingerprint density at radius 1 is 1.33 bits per heavy atom. The number of hydrogen-bond donors (Lipinski definition) is 1. The van der Waals surface area contributed by atoms with Crippen molar-refractivity contribution in [3.8, 4) is 0 Å². The second kappa shape index (κ2) is 5.70. The van der Waals surface area contributed by atoms with Crippen LogP contribution in [0.25, 0.3) is 0 Å². The SMILES string of the molecule is C=C/C=C(/OCc1ccccc1)C(=C)N. The van der Waals surface area contributed by atoms with Gasteiger partial charge in [0.05, 0.1) is 5.70 Å². The monoisotopic (exact) mass is 201 g/mol. The molecule has 2 heteroatoms. The molecule has 0 aliphatic heterocycles. The molecule has 1 aromatic carbocycles. The summed E-state index contributed by atoms with van der Waals surface area (Å²) in [6.07, 6.45) is 3.32. The minimum atomic E-state index is 0.408. The minimum Gasteiger partial charge on any atom is -0.487 e. The summed E-state index contributed by atoms with van der Waals surface area (Å²) in [4.78, 5) is 0. The number of nitrogens with two attached hydrogens (primary N) is 1. The van der Waals surface area contributed by atoms with Crippen molar-refractivity contribution in [3.63, 3.8) is 0 Å². The first kappa shape index (κ1) is 11.1. The quantitative estimate of drug-likeness (QED) is 0.587. The molecule has 1 rings (SSSR count). The predicted molar refractivity (Wildman–Crippen MR) is 62.8 cm³/mol. The standard InChI is InChI=1S/C13H15NO/c1-3-7-13(11(2)14)15-10-12-8-5-4-6-9-12/h3-9H,1-2,10,14H2/b13-7+. The highest BCUT2D eigenvalue weighted by Crippen LogP contribution is 2.09. The van der Waals surface area contributed by atoms with Crippen LogP contribution in [0.1, 0.15) is 5.56 Å². The minimum absolute atomic E-state index is 0.408. The molecule has 0 unspecified atom stereocenters. The molecule has 0 bridgehead atoms. The van der Waals surface area contributed by atoms with Gasteiger partial charge in [-0.2, -0.15) is 0 Å². The first-order valence-electron chi connectivity index (χ1n) is 4.68. The maximum Gasteiger partial charge on any atom is 0.142 e. The molecule has 0 radical (unpaired) electrons. The Morgan fingerprint density at radius 2 is 2.00 bits per heavy atom. The third kappa shape index (κ3) is 3.73. The van der Waals surface area contributed by atoms with Gasteiger partial charge >= 0.3 is 0 Å². The highest BCUT2D eigenvalue weighted by molar-refractivity contribution is 5.23. The van der Waals surface area contributed by atoms with Crippen molar-refractivity contribution in [2.45, 2.75) is 6.61 Å². The van der Waals surface area contributed by atoms with E-state index < -0.39 is 0 Å². The van der Waals surface area contributed by atoms with Crippen molar-refractivity contribution in [2.75, 3.05) is 0 Å². The fraction of sp³-hybridized carbons (Fsp3) is 0.0769. The number of rotatable bonds is 5. The van der Waals surface area contributed by atoms with Gasteiger partial charge in [-0.15, -0.1) is 0 Å². The summed E-state index contributed by atoms with van der Waals surface area (Å²) in [5, 5.41) is 0. The summed E-state index contributed by atoms with van der Waals surface area (Å²) in [5.41, 5.74) is 7.05. The van der Waals surface area contributed by atoms with Gasteiger partial charge in [0.15, 0.2) is 0 Å². The molecule has 78 valence electrons. The van der Waals surface area contributed by atoms with Crippen molar-refractivity contribution in [3.05, 3.63) is 72.7 Å². The zero-order chi connectivity index (χ0) is 11.1. The van der Waals surface area contributed by atoms with E-state index >= 15 is 0 Å². The Bertz CT molecular complexity index is 365. The van der Waals surface area contributed by atoms with Crippen molar-refractivity contribution in [2.24, 2.45) is 5.73 Å². The van der Waals surface area contributed by atoms with Crippen molar-refractivity contribution < 1.29 is 4.74 Å². The fourth-order valence-electron chi connectivity index (χ4n) is 1.09. The van der Waals surface area contributed by atoms with Crippen LogP contribution in [0.5, 0.6) is 0 Å². The van der Waals surface area contributed by atoms with Gasteiger partial charge in [-0.1, -0.05) is 49.6 Å². The number of hydrogen-bond acceptors (Lipinski definition) is 2. The van der Waals surface area contributed by atoms with Crippen LogP contribution in [-0.2, 0) is 11.3 Å². The number of ether oxygens (including phenoxy) is 1. The summed E-state index contributed by atoms with van der Waals surface area (Å²) in [7, 11) is 0. The van der Waals surface area contributed by atoms with Crippen molar-refractivity contribution in [1.82, 2.24) is 0 Å². The third-order valence-corrected chi connectivity index (χ3v) is 1.82. The zero-order valence-electron chi connectivity index (χ0n) is 8.65. The first-order chi connectivity index (χ1) is 7.24. The van der Waals surface area contributed by atoms with Gasteiger partial charge in [-0.05, 0) is 11.6 Å². The Labute approximate surface area is 90.4 Å². The van der Waals surface area contributed by atoms with Crippen LogP contribution in [-0.4, -0.2) is 0 Å². The largest absolute Gasteiger partial charge is 0.487 e. The van der Waals surface area contributed by atoms with E-state index in [-0.39, 0.29) is 0 Å². The van der Waals surface area contributed by atoms with Gasteiger partial charge in [0.1, 0.15) is 12.4 Å². The Kier molecular flexibility index (Phi) is 4.23. The lowest BCUT2D eigenvalue weighted by molar-refractivity contribution is 0.206. The summed E-state index contributed by atoms with van der Waals surface area (Å²) < 4.78 is 5.50. The normalized spacial score (nSPS) is 10.8. The van der Waals surface area contributed by atoms with E-state index in [2.05, 4.69) is 13.2 Å². The molecule has 15 heavy (non-hydrogen) atoms. The fourth-order valence-corrected chi connectivity index (χ4v) is 1.09. The van der Waals surface area contributed by atoms with Crippen LogP contribution < -0.4 is 5.73 Å². The number of allylic oxidation sites excluding steroid dienone is 2. The average molecular weight is 201 g/mol. The molecule has 0 atom stereocenters. The van der Waals surface area contributed by atoms with E-state index in [0.717, 1.165) is 5.56 Å². The molecule has 0 fully saturated rings. The first-order valence-corrected chi connectivity index (χ1v) is 4.68. The maximum atomic E-state index is 5.55. The second-order valence-corrected chi connectivity index (χ2v) is 3.07. The smallest absolute Gasteiger partial charge is 0.142 e. The maximum absolute atomic E-state index is 5.55. The molecule has 2 N–H and O–H groups in total. The van der Waals surface area contributed by atoms with Gasteiger partial charge in [-0.25, -0.2) is 0 Å². The lowest BCUT2D eigenvalue weighted by Gasteiger charge is -2.09. The predicted octanol–water partition coefficient (Wildman–Crippen LogP) is 2.75. The summed E-state index contributed by atoms with van der Waals surface area (Å²) in [6, 6.07) is 9.88. The van der Waals surface area contributed by atoms with E-state index in [0.29, 0.717) is 18.1 Å². The topological polar surface area (TPSA) is 35.2 Å². The van der Waals surface area contributed by atoms with E-state index in [4.69, 9.17) is 10.5 Å². The van der Waals surface area contributed by atoms with Crippen LogP contribution in [0.15, 0.2) is 67.1 Å². The van der Waals surface area contributed by atoms with Crippen LogP contribution in [0, 0.1) is 0 Å². The Morgan fingerprint density at radius 3 is 2.53 bits per heavy atom. The van der Waals surface area contributed by atoms with Gasteiger partial charge in [0, 0.05) is 0 Å². The third-order valence-electron chi connectivity index (χ3n) is 1.82. The molecule has 2 nitrogen and oxygen atoms in total. The Balaban J connectivity index is 2.59. The van der Waals surface area contributed by atoms with E-state index in [9.17, 15) is 0 Å². The highest BCUT2D eigenvalue weighted by Gasteiger charge is 1.99. The molecular formula is C13H15NO. The average Bonchev–Trinajstić information content (AvgIpc) is 2.25. The highest BCUT2D eigenvalue weighted by atomic mass is 16.5. The van der Waals surface area contributed by atoms with E-state index in [1.54, 1.807) is 12.2 Å². The lowest BCUT2D eigenvalue weighted by Crippen LogP contribution is -2.03. The molecule has 0 spiro atoms. The van der Waals surface area contributed by atoms with Crippen LogP contribution in [0.4, 0.5) is 0 Å². The second-order valence-electron chi connectivity index (χ2n) is 3.07. The summed E-state index contributed by atoms with van der Waals surface area (Å²) in [5.74, 6) is 0.564. The summed E-state index contributed by atoms with van der Waals surface area (Å²) >= 11 is 0. The van der Waals surface area contributed by atoms with Gasteiger partial charge in [0.25, 0.3) is 0 Å². The van der Waals surface area contributed by atoms with Crippen molar-refractivity contribution >= 4 is 0 Å². The molecule has 0 aromatic heterocycles. The van der Waals surface area contributed by atoms with Gasteiger partial charge in [-0.3, -0.25) is 0 Å². The van der Waals surface area contributed by atoms with Crippen molar-refractivity contribution in [1.29, 1.82) is 0 Å². The Hall–Kier alpha value is -1.96. The van der Waals surface area contributed by atoms with E-state index in [1.807, 2.05) is 30.3 Å².